The molecule has 0 aromatic heterocycles. The van der Waals surface area contributed by atoms with E-state index < -0.39 is 24.4 Å². The van der Waals surface area contributed by atoms with Crippen molar-refractivity contribution in [2.24, 2.45) is 5.92 Å². The quantitative estimate of drug-likeness (QED) is 0.754. The van der Waals surface area contributed by atoms with E-state index in [1.165, 1.54) is 0 Å². The lowest BCUT2D eigenvalue weighted by Crippen LogP contribution is -2.30. The minimum atomic E-state index is -0.568. The lowest BCUT2D eigenvalue weighted by molar-refractivity contribution is -0.151. The van der Waals surface area contributed by atoms with Gasteiger partial charge in [-0.25, -0.2) is 0 Å². The molecule has 1 heterocycles. The number of nitrogens with zero attached hydrogens (tertiary/aromatic N) is 1. The highest BCUT2D eigenvalue weighted by atomic mass is 35.5. The van der Waals surface area contributed by atoms with Crippen LogP contribution >= 0.6 is 11.6 Å². The van der Waals surface area contributed by atoms with Crippen LogP contribution in [0.2, 0.25) is 5.02 Å². The predicted octanol–water partition coefficient (Wildman–Crippen LogP) is 3.43. The fourth-order valence-electron chi connectivity index (χ4n) is 3.16. The monoisotopic (exact) mass is 400 g/mol. The van der Waals surface area contributed by atoms with E-state index >= 15 is 0 Å². The summed E-state index contributed by atoms with van der Waals surface area (Å²) in [5.74, 6) is -1.65. The molecule has 2 atom stereocenters. The second kappa shape index (κ2) is 8.89. The maximum atomic E-state index is 12.3. The van der Waals surface area contributed by atoms with Crippen molar-refractivity contribution in [3.05, 3.63) is 65.2 Å². The summed E-state index contributed by atoms with van der Waals surface area (Å²) in [6.07, 6.45) is 0.0921. The molecular formula is C21H21ClN2O4. The molecule has 2 aromatic rings. The van der Waals surface area contributed by atoms with Crippen molar-refractivity contribution >= 4 is 35.1 Å². The standard InChI is InChI=1S/C21H21ClN2O4/c1-14(15-5-3-2-4-6-15)24-12-16(11-20(24)26)21(27)28-13-19(25)23-18-9-7-17(22)8-10-18/h2-10,14,16H,11-13H2,1H3,(H,23,25)/t14-,16-/m0/s1. The number of hydrogen-bond donors (Lipinski definition) is 1. The highest BCUT2D eigenvalue weighted by Gasteiger charge is 2.38. The molecule has 6 nitrogen and oxygen atoms in total. The normalized spacial score (nSPS) is 17.3. The van der Waals surface area contributed by atoms with Gasteiger partial charge < -0.3 is 15.0 Å². The topological polar surface area (TPSA) is 75.7 Å². The van der Waals surface area contributed by atoms with Crippen LogP contribution in [0.3, 0.4) is 0 Å². The third-order valence-corrected chi connectivity index (χ3v) is 4.97. The van der Waals surface area contributed by atoms with Crippen LogP contribution in [0, 0.1) is 5.92 Å². The van der Waals surface area contributed by atoms with Gasteiger partial charge in [0.25, 0.3) is 5.91 Å². The number of ether oxygens (including phenoxy) is 1. The number of hydrogen-bond acceptors (Lipinski definition) is 4. The molecule has 2 amide bonds. The molecule has 1 aliphatic heterocycles. The second-order valence-corrected chi connectivity index (χ2v) is 7.13. The number of amides is 2. The Morgan fingerprint density at radius 2 is 1.86 bits per heavy atom. The summed E-state index contributed by atoms with van der Waals surface area (Å²) in [4.78, 5) is 38.3. The summed E-state index contributed by atoms with van der Waals surface area (Å²) in [5.41, 5.74) is 1.57. The first kappa shape index (κ1) is 19.9. The van der Waals surface area contributed by atoms with Gasteiger partial charge >= 0.3 is 5.97 Å². The lowest BCUT2D eigenvalue weighted by Gasteiger charge is -2.25. The molecule has 1 aliphatic rings. The molecule has 0 radical (unpaired) electrons. The van der Waals surface area contributed by atoms with Crippen LogP contribution < -0.4 is 5.32 Å². The third-order valence-electron chi connectivity index (χ3n) is 4.71. The Morgan fingerprint density at radius 3 is 2.54 bits per heavy atom. The van der Waals surface area contributed by atoms with Gasteiger partial charge in [-0.05, 0) is 36.8 Å². The summed E-state index contributed by atoms with van der Waals surface area (Å²) < 4.78 is 5.11. The second-order valence-electron chi connectivity index (χ2n) is 6.70. The number of nitrogens with one attached hydrogen (secondary N) is 1. The number of anilines is 1. The predicted molar refractivity (Wildman–Crippen MR) is 106 cm³/mol. The van der Waals surface area contributed by atoms with Crippen LogP contribution in [0.1, 0.15) is 24.9 Å². The van der Waals surface area contributed by atoms with Crippen LogP contribution in [0.5, 0.6) is 0 Å². The van der Waals surface area contributed by atoms with Crippen LogP contribution in [0.25, 0.3) is 0 Å². The third kappa shape index (κ3) is 4.89. The van der Waals surface area contributed by atoms with Gasteiger partial charge in [0.15, 0.2) is 6.61 Å². The van der Waals surface area contributed by atoms with Crippen molar-refractivity contribution in [1.29, 1.82) is 0 Å². The van der Waals surface area contributed by atoms with Crippen LogP contribution in [0.4, 0.5) is 5.69 Å². The molecular weight excluding hydrogens is 380 g/mol. The van der Waals surface area contributed by atoms with Crippen molar-refractivity contribution in [3.63, 3.8) is 0 Å². The average molecular weight is 401 g/mol. The van der Waals surface area contributed by atoms with E-state index in [0.29, 0.717) is 10.7 Å². The summed E-state index contributed by atoms with van der Waals surface area (Å²) in [5, 5.41) is 3.18. The summed E-state index contributed by atoms with van der Waals surface area (Å²) in [7, 11) is 0. The van der Waals surface area contributed by atoms with Gasteiger partial charge in [-0.15, -0.1) is 0 Å². The highest BCUT2D eigenvalue weighted by molar-refractivity contribution is 6.30. The molecule has 146 valence electrons. The minimum absolute atomic E-state index is 0.0921. The van der Waals surface area contributed by atoms with E-state index in [-0.39, 0.29) is 24.9 Å². The van der Waals surface area contributed by atoms with Gasteiger partial charge in [0.05, 0.1) is 12.0 Å². The lowest BCUT2D eigenvalue weighted by atomic mass is 10.1. The largest absolute Gasteiger partial charge is 0.455 e. The minimum Gasteiger partial charge on any atom is -0.455 e. The van der Waals surface area contributed by atoms with Crippen molar-refractivity contribution in [3.8, 4) is 0 Å². The molecule has 1 saturated heterocycles. The maximum Gasteiger partial charge on any atom is 0.311 e. The Kier molecular flexibility index (Phi) is 6.31. The molecule has 1 fully saturated rings. The van der Waals surface area contributed by atoms with Crippen molar-refractivity contribution < 1.29 is 19.1 Å². The molecule has 0 bridgehead atoms. The summed E-state index contributed by atoms with van der Waals surface area (Å²) >= 11 is 5.79. The van der Waals surface area contributed by atoms with Gasteiger partial charge in [-0.3, -0.25) is 14.4 Å². The Balaban J connectivity index is 1.50. The number of likely N-dealkylation sites (tertiary alicyclic amines) is 1. The highest BCUT2D eigenvalue weighted by Crippen LogP contribution is 2.29. The fraction of sp³-hybridized carbons (Fsp3) is 0.286. The molecule has 0 aliphatic carbocycles. The van der Waals surface area contributed by atoms with Gasteiger partial charge in [-0.1, -0.05) is 41.9 Å². The van der Waals surface area contributed by atoms with Gasteiger partial charge in [0.1, 0.15) is 0 Å². The van der Waals surface area contributed by atoms with E-state index in [1.54, 1.807) is 29.2 Å². The molecule has 1 N–H and O–H groups in total. The Bertz CT molecular complexity index is 854. The van der Waals surface area contributed by atoms with E-state index in [1.807, 2.05) is 37.3 Å². The number of carbonyl (C=O) groups excluding carboxylic acids is 3. The van der Waals surface area contributed by atoms with Gasteiger partial charge in [0.2, 0.25) is 5.91 Å². The van der Waals surface area contributed by atoms with E-state index in [4.69, 9.17) is 16.3 Å². The Hall–Kier alpha value is -2.86. The zero-order chi connectivity index (χ0) is 20.1. The van der Waals surface area contributed by atoms with Crippen LogP contribution in [0.15, 0.2) is 54.6 Å². The smallest absolute Gasteiger partial charge is 0.311 e. The van der Waals surface area contributed by atoms with Gasteiger partial charge in [-0.2, -0.15) is 0 Å². The first-order chi connectivity index (χ1) is 13.4. The van der Waals surface area contributed by atoms with Gasteiger partial charge in [0, 0.05) is 23.7 Å². The number of carbonyl (C=O) groups is 3. The number of benzene rings is 2. The summed E-state index contributed by atoms with van der Waals surface area (Å²) in [6, 6.07) is 16.1. The zero-order valence-electron chi connectivity index (χ0n) is 15.4. The van der Waals surface area contributed by atoms with Crippen molar-refractivity contribution in [2.45, 2.75) is 19.4 Å². The van der Waals surface area contributed by atoms with E-state index in [2.05, 4.69) is 5.32 Å². The molecule has 28 heavy (non-hydrogen) atoms. The van der Waals surface area contributed by atoms with E-state index in [0.717, 1.165) is 5.56 Å². The van der Waals surface area contributed by atoms with Crippen molar-refractivity contribution in [1.82, 2.24) is 4.90 Å². The van der Waals surface area contributed by atoms with Crippen LogP contribution in [-0.2, 0) is 19.1 Å². The number of esters is 1. The average Bonchev–Trinajstić information content (AvgIpc) is 3.10. The van der Waals surface area contributed by atoms with Crippen LogP contribution in [-0.4, -0.2) is 35.8 Å². The molecule has 2 aromatic carbocycles. The fourth-order valence-corrected chi connectivity index (χ4v) is 3.29. The Labute approximate surface area is 168 Å². The summed E-state index contributed by atoms with van der Waals surface area (Å²) in [6.45, 7) is 1.81. The zero-order valence-corrected chi connectivity index (χ0v) is 16.2. The Morgan fingerprint density at radius 1 is 1.18 bits per heavy atom. The first-order valence-corrected chi connectivity index (χ1v) is 9.38. The number of halogens is 1. The maximum absolute atomic E-state index is 12.3. The molecule has 0 unspecified atom stereocenters. The SMILES string of the molecule is C[C@@H](c1ccccc1)N1C[C@@H](C(=O)OCC(=O)Nc2ccc(Cl)cc2)CC1=O. The molecule has 0 spiro atoms. The molecule has 7 heteroatoms. The molecule has 0 saturated carbocycles. The molecule has 3 rings (SSSR count). The van der Waals surface area contributed by atoms with E-state index in [9.17, 15) is 14.4 Å². The first-order valence-electron chi connectivity index (χ1n) is 9.00. The number of rotatable bonds is 6. The van der Waals surface area contributed by atoms with Crippen molar-refractivity contribution in [2.75, 3.05) is 18.5 Å².